The van der Waals surface area contributed by atoms with Crippen LogP contribution in [0.15, 0.2) is 18.2 Å². The van der Waals surface area contributed by atoms with Crippen LogP contribution in [-0.4, -0.2) is 18.5 Å². The van der Waals surface area contributed by atoms with Gasteiger partial charge in [0.05, 0.1) is 16.4 Å². The molecular weight excluding hydrogens is 248 g/mol. The van der Waals surface area contributed by atoms with Crippen LogP contribution in [0.5, 0.6) is 0 Å². The summed E-state index contributed by atoms with van der Waals surface area (Å²) in [5.41, 5.74) is 1.39. The number of anilines is 2. The van der Waals surface area contributed by atoms with Crippen molar-refractivity contribution < 1.29 is 4.79 Å². The van der Waals surface area contributed by atoms with E-state index >= 15 is 0 Å². The molecular formula is C14H17ClN2O. The van der Waals surface area contributed by atoms with Crippen molar-refractivity contribution >= 4 is 28.9 Å². The fourth-order valence-corrected chi connectivity index (χ4v) is 3.56. The third-order valence-corrected chi connectivity index (χ3v) is 4.62. The molecule has 1 N–H and O–H groups in total. The van der Waals surface area contributed by atoms with Gasteiger partial charge in [0.1, 0.15) is 5.54 Å². The molecule has 1 aliphatic heterocycles. The Hall–Kier alpha value is -1.22. The number of likely N-dealkylation sites (N-methyl/N-ethyl adjacent to an activating group) is 1. The summed E-state index contributed by atoms with van der Waals surface area (Å²) in [6.07, 6.45) is 5.27. The highest BCUT2D eigenvalue weighted by Crippen LogP contribution is 2.45. The van der Waals surface area contributed by atoms with Gasteiger partial charge < -0.3 is 10.2 Å². The van der Waals surface area contributed by atoms with Crippen LogP contribution in [0, 0.1) is 0 Å². The molecule has 0 bridgehead atoms. The molecule has 4 heteroatoms. The first-order valence-corrected chi connectivity index (χ1v) is 6.87. The lowest BCUT2D eigenvalue weighted by molar-refractivity contribution is -0.122. The molecule has 1 amide bonds. The van der Waals surface area contributed by atoms with Crippen LogP contribution in [0.1, 0.15) is 32.1 Å². The number of hydrogen-bond donors (Lipinski definition) is 1. The van der Waals surface area contributed by atoms with Crippen LogP contribution >= 0.6 is 11.6 Å². The van der Waals surface area contributed by atoms with Crippen molar-refractivity contribution in [3.8, 4) is 0 Å². The molecule has 1 fully saturated rings. The van der Waals surface area contributed by atoms with Crippen molar-refractivity contribution in [3.05, 3.63) is 23.2 Å². The van der Waals surface area contributed by atoms with Crippen LogP contribution in [0.2, 0.25) is 5.02 Å². The summed E-state index contributed by atoms with van der Waals surface area (Å²) in [5, 5.41) is 3.73. The predicted octanol–water partition coefficient (Wildman–Crippen LogP) is 3.43. The molecule has 96 valence electrons. The molecule has 2 aliphatic rings. The second-order valence-electron chi connectivity index (χ2n) is 5.24. The van der Waals surface area contributed by atoms with Gasteiger partial charge in [0.2, 0.25) is 5.91 Å². The SMILES string of the molecule is CN1c2c(Cl)cccc2NC(=O)C12CCCCC2. The molecule has 18 heavy (non-hydrogen) atoms. The van der Waals surface area contributed by atoms with E-state index in [0.29, 0.717) is 5.02 Å². The Kier molecular flexibility index (Phi) is 2.74. The van der Waals surface area contributed by atoms with Crippen LogP contribution in [0.25, 0.3) is 0 Å². The fourth-order valence-electron chi connectivity index (χ4n) is 3.26. The number of para-hydroxylation sites is 1. The maximum absolute atomic E-state index is 12.5. The van der Waals surface area contributed by atoms with Crippen molar-refractivity contribution in [3.63, 3.8) is 0 Å². The topological polar surface area (TPSA) is 32.3 Å². The lowest BCUT2D eigenvalue weighted by Crippen LogP contribution is -2.59. The van der Waals surface area contributed by atoms with Crippen molar-refractivity contribution in [1.29, 1.82) is 0 Å². The normalized spacial score (nSPS) is 21.7. The first kappa shape index (κ1) is 11.8. The molecule has 0 radical (unpaired) electrons. The van der Waals surface area contributed by atoms with E-state index in [1.54, 1.807) is 0 Å². The summed E-state index contributed by atoms with van der Waals surface area (Å²) >= 11 is 6.29. The number of nitrogens with one attached hydrogen (secondary N) is 1. The van der Waals surface area contributed by atoms with E-state index in [9.17, 15) is 4.79 Å². The Bertz CT molecular complexity index is 495. The molecule has 1 spiro atoms. The van der Waals surface area contributed by atoms with Gasteiger partial charge in [0.25, 0.3) is 0 Å². The molecule has 1 heterocycles. The molecule has 0 saturated heterocycles. The lowest BCUT2D eigenvalue weighted by Gasteiger charge is -2.48. The Labute approximate surface area is 112 Å². The Balaban J connectivity index is 2.10. The van der Waals surface area contributed by atoms with E-state index in [1.165, 1.54) is 6.42 Å². The van der Waals surface area contributed by atoms with E-state index in [2.05, 4.69) is 10.2 Å². The number of rotatable bonds is 0. The zero-order chi connectivity index (χ0) is 12.8. The van der Waals surface area contributed by atoms with Gasteiger partial charge in [-0.3, -0.25) is 4.79 Å². The standard InChI is InChI=1S/C14H17ClN2O/c1-17-12-10(15)6-5-7-11(12)16-13(18)14(17)8-3-2-4-9-14/h5-7H,2-4,8-9H2,1H3,(H,16,18). The predicted molar refractivity (Wildman–Crippen MR) is 74.3 cm³/mol. The highest BCUT2D eigenvalue weighted by molar-refractivity contribution is 6.34. The van der Waals surface area contributed by atoms with Crippen LogP contribution in [0.4, 0.5) is 11.4 Å². The number of halogens is 1. The van der Waals surface area contributed by atoms with E-state index in [0.717, 1.165) is 37.1 Å². The lowest BCUT2D eigenvalue weighted by atomic mass is 9.78. The molecule has 1 aliphatic carbocycles. The number of nitrogens with zero attached hydrogens (tertiary/aromatic N) is 1. The number of hydrogen-bond acceptors (Lipinski definition) is 2. The zero-order valence-electron chi connectivity index (χ0n) is 10.5. The van der Waals surface area contributed by atoms with Crippen LogP contribution < -0.4 is 10.2 Å². The zero-order valence-corrected chi connectivity index (χ0v) is 11.3. The van der Waals surface area contributed by atoms with Crippen LogP contribution in [-0.2, 0) is 4.79 Å². The molecule has 0 atom stereocenters. The Morgan fingerprint density at radius 1 is 1.28 bits per heavy atom. The van der Waals surface area contributed by atoms with Crippen molar-refractivity contribution in [2.24, 2.45) is 0 Å². The minimum absolute atomic E-state index is 0.125. The van der Waals surface area contributed by atoms with Gasteiger partial charge in [-0.15, -0.1) is 0 Å². The highest BCUT2D eigenvalue weighted by atomic mass is 35.5. The summed E-state index contributed by atoms with van der Waals surface area (Å²) < 4.78 is 0. The maximum Gasteiger partial charge on any atom is 0.250 e. The fraction of sp³-hybridized carbons (Fsp3) is 0.500. The summed E-state index contributed by atoms with van der Waals surface area (Å²) in [6.45, 7) is 0. The first-order chi connectivity index (χ1) is 8.65. The summed E-state index contributed by atoms with van der Waals surface area (Å²) in [4.78, 5) is 14.6. The van der Waals surface area contributed by atoms with E-state index < -0.39 is 5.54 Å². The van der Waals surface area contributed by atoms with Gasteiger partial charge in [0, 0.05) is 7.05 Å². The second kappa shape index (κ2) is 4.16. The minimum Gasteiger partial charge on any atom is -0.357 e. The minimum atomic E-state index is -0.393. The molecule has 3 rings (SSSR count). The summed E-state index contributed by atoms with van der Waals surface area (Å²) in [5.74, 6) is 0.125. The van der Waals surface area contributed by atoms with Gasteiger partial charge in [0.15, 0.2) is 0 Å². The van der Waals surface area contributed by atoms with Gasteiger partial charge >= 0.3 is 0 Å². The molecule has 0 aromatic heterocycles. The molecule has 0 unspecified atom stereocenters. The van der Waals surface area contributed by atoms with Crippen LogP contribution in [0.3, 0.4) is 0 Å². The third-order valence-electron chi connectivity index (χ3n) is 4.32. The molecule has 1 saturated carbocycles. The smallest absolute Gasteiger partial charge is 0.250 e. The molecule has 1 aromatic rings. The third kappa shape index (κ3) is 1.53. The van der Waals surface area contributed by atoms with E-state index in [-0.39, 0.29) is 5.91 Å². The van der Waals surface area contributed by atoms with Gasteiger partial charge in [-0.25, -0.2) is 0 Å². The number of benzene rings is 1. The molecule has 1 aromatic carbocycles. The van der Waals surface area contributed by atoms with Crippen molar-refractivity contribution in [2.45, 2.75) is 37.6 Å². The Morgan fingerprint density at radius 2 is 2.00 bits per heavy atom. The van der Waals surface area contributed by atoms with E-state index in [4.69, 9.17) is 11.6 Å². The summed E-state index contributed by atoms with van der Waals surface area (Å²) in [7, 11) is 1.99. The number of amides is 1. The molecule has 3 nitrogen and oxygen atoms in total. The maximum atomic E-state index is 12.5. The number of carbonyl (C=O) groups excluding carboxylic acids is 1. The second-order valence-corrected chi connectivity index (χ2v) is 5.65. The van der Waals surface area contributed by atoms with Crippen molar-refractivity contribution in [1.82, 2.24) is 0 Å². The average Bonchev–Trinajstić information content (AvgIpc) is 2.38. The first-order valence-electron chi connectivity index (χ1n) is 6.49. The highest BCUT2D eigenvalue weighted by Gasteiger charge is 2.47. The summed E-state index contributed by atoms with van der Waals surface area (Å²) in [6, 6.07) is 5.66. The van der Waals surface area contributed by atoms with Crippen molar-refractivity contribution in [2.75, 3.05) is 17.3 Å². The largest absolute Gasteiger partial charge is 0.357 e. The van der Waals surface area contributed by atoms with Gasteiger partial charge in [-0.1, -0.05) is 36.9 Å². The van der Waals surface area contributed by atoms with E-state index in [1.807, 2.05) is 25.2 Å². The Morgan fingerprint density at radius 3 is 2.72 bits per heavy atom. The number of fused-ring (bicyclic) bond motifs is 1. The average molecular weight is 265 g/mol. The van der Waals surface area contributed by atoms with Gasteiger partial charge in [-0.2, -0.15) is 0 Å². The quantitative estimate of drug-likeness (QED) is 0.779. The monoisotopic (exact) mass is 264 g/mol. The number of carbonyl (C=O) groups is 1. The van der Waals surface area contributed by atoms with Gasteiger partial charge in [-0.05, 0) is 25.0 Å².